The normalized spacial score (nSPS) is 16.5. The second-order valence-electron chi connectivity index (χ2n) is 11.6. The SMILES string of the molecule is COc1ccc(C2CCN(C3COC3)CC2)cc1C(=O)Nc1c(C(=O)Nc2ccc(F)c(C(F)(F)F)c2)sc2cc(C(F)(F)F)ccc12. The number of amides is 2. The van der Waals surface area contributed by atoms with Crippen LogP contribution in [0.1, 0.15) is 55.5 Å². The minimum atomic E-state index is -5.05. The Balaban J connectivity index is 1.32. The van der Waals surface area contributed by atoms with E-state index in [1.54, 1.807) is 12.1 Å². The van der Waals surface area contributed by atoms with E-state index in [0.29, 0.717) is 42.7 Å². The predicted molar refractivity (Wildman–Crippen MR) is 165 cm³/mol. The summed E-state index contributed by atoms with van der Waals surface area (Å²) in [6, 6.07) is 10.2. The molecule has 0 spiro atoms. The van der Waals surface area contributed by atoms with Crippen LogP contribution in [0.3, 0.4) is 0 Å². The van der Waals surface area contributed by atoms with Gasteiger partial charge in [0.15, 0.2) is 0 Å². The van der Waals surface area contributed by atoms with Gasteiger partial charge >= 0.3 is 12.4 Å². The smallest absolute Gasteiger partial charge is 0.419 e. The van der Waals surface area contributed by atoms with Gasteiger partial charge in [-0.25, -0.2) is 4.39 Å². The lowest BCUT2D eigenvalue weighted by atomic mass is 9.87. The molecular formula is C33H28F7N3O4S. The van der Waals surface area contributed by atoms with Crippen molar-refractivity contribution in [1.82, 2.24) is 4.90 Å². The van der Waals surface area contributed by atoms with E-state index in [0.717, 1.165) is 55.8 Å². The summed E-state index contributed by atoms with van der Waals surface area (Å²) in [6.45, 7) is 3.16. The average Bonchev–Trinajstić information content (AvgIpc) is 3.38. The van der Waals surface area contributed by atoms with Gasteiger partial charge in [-0.3, -0.25) is 14.5 Å². The number of carbonyl (C=O) groups is 2. The highest BCUT2D eigenvalue weighted by Gasteiger charge is 2.35. The Bertz CT molecular complexity index is 1860. The number of hydrogen-bond acceptors (Lipinski definition) is 6. The van der Waals surface area contributed by atoms with Crippen LogP contribution in [0, 0.1) is 5.82 Å². The van der Waals surface area contributed by atoms with E-state index in [1.807, 2.05) is 6.07 Å². The van der Waals surface area contributed by atoms with Crippen molar-refractivity contribution in [3.05, 3.63) is 87.5 Å². The van der Waals surface area contributed by atoms with E-state index < -0.39 is 46.8 Å². The quantitative estimate of drug-likeness (QED) is 0.191. The molecule has 0 bridgehead atoms. The molecule has 2 aliphatic heterocycles. The van der Waals surface area contributed by atoms with Crippen molar-refractivity contribution in [2.45, 2.75) is 37.2 Å². The molecule has 6 rings (SSSR count). The molecule has 1 aromatic heterocycles. The number of methoxy groups -OCH3 is 1. The number of rotatable bonds is 7. The van der Waals surface area contributed by atoms with Crippen molar-refractivity contribution in [2.24, 2.45) is 0 Å². The number of hydrogen-bond donors (Lipinski definition) is 2. The van der Waals surface area contributed by atoms with Gasteiger partial charge in [0.1, 0.15) is 16.4 Å². The Labute approximate surface area is 273 Å². The maximum atomic E-state index is 13.9. The Kier molecular flexibility index (Phi) is 9.13. The van der Waals surface area contributed by atoms with Crippen LogP contribution < -0.4 is 15.4 Å². The van der Waals surface area contributed by atoms with Gasteiger partial charge in [-0.05, 0) is 79.9 Å². The maximum absolute atomic E-state index is 13.9. The van der Waals surface area contributed by atoms with Crippen LogP contribution in [0.2, 0.25) is 0 Å². The third-order valence-electron chi connectivity index (χ3n) is 8.60. The summed E-state index contributed by atoms with van der Waals surface area (Å²) in [7, 11) is 1.38. The van der Waals surface area contributed by atoms with Crippen LogP contribution in [-0.2, 0) is 17.1 Å². The number of piperidine rings is 1. The van der Waals surface area contributed by atoms with Crippen LogP contribution in [-0.4, -0.2) is 56.2 Å². The van der Waals surface area contributed by atoms with Crippen LogP contribution in [0.15, 0.2) is 54.6 Å². The zero-order valence-electron chi connectivity index (χ0n) is 25.2. The van der Waals surface area contributed by atoms with E-state index in [-0.39, 0.29) is 37.9 Å². The van der Waals surface area contributed by atoms with Gasteiger partial charge in [-0.2, -0.15) is 26.3 Å². The van der Waals surface area contributed by atoms with Crippen LogP contribution in [0.25, 0.3) is 10.1 Å². The molecular weight excluding hydrogens is 667 g/mol. The van der Waals surface area contributed by atoms with E-state index in [9.17, 15) is 40.3 Å². The molecule has 7 nitrogen and oxygen atoms in total. The number of fused-ring (bicyclic) bond motifs is 1. The predicted octanol–water partition coefficient (Wildman–Crippen LogP) is 8.17. The first-order chi connectivity index (χ1) is 22.7. The van der Waals surface area contributed by atoms with Crippen LogP contribution in [0.4, 0.5) is 42.1 Å². The lowest BCUT2D eigenvalue weighted by Crippen LogP contribution is -2.51. The van der Waals surface area contributed by atoms with Gasteiger partial charge in [0.2, 0.25) is 0 Å². The molecule has 0 unspecified atom stereocenters. The highest BCUT2D eigenvalue weighted by Crippen LogP contribution is 2.41. The largest absolute Gasteiger partial charge is 0.496 e. The fraction of sp³-hybridized carbons (Fsp3) is 0.333. The average molecular weight is 696 g/mol. The number of likely N-dealkylation sites (tertiary alicyclic amines) is 1. The lowest BCUT2D eigenvalue weighted by Gasteiger charge is -2.41. The second kappa shape index (κ2) is 13.0. The number of halogens is 7. The first-order valence-corrected chi connectivity index (χ1v) is 15.7. The van der Waals surface area contributed by atoms with Gasteiger partial charge < -0.3 is 20.1 Å². The Morgan fingerprint density at radius 2 is 1.62 bits per heavy atom. The summed E-state index contributed by atoms with van der Waals surface area (Å²) in [6.07, 6.45) is -8.05. The summed E-state index contributed by atoms with van der Waals surface area (Å²) in [5, 5.41) is 5.00. The molecule has 2 fully saturated rings. The van der Waals surface area contributed by atoms with Crippen LogP contribution in [0.5, 0.6) is 5.75 Å². The van der Waals surface area contributed by atoms with Crippen molar-refractivity contribution in [3.8, 4) is 5.75 Å². The highest BCUT2D eigenvalue weighted by atomic mass is 32.1. The van der Waals surface area contributed by atoms with E-state index in [4.69, 9.17) is 9.47 Å². The first-order valence-electron chi connectivity index (χ1n) is 14.9. The number of carbonyl (C=O) groups excluding carboxylic acids is 2. The minimum absolute atomic E-state index is 0.00954. The summed E-state index contributed by atoms with van der Waals surface area (Å²) >= 11 is 0.609. The molecule has 0 aliphatic carbocycles. The van der Waals surface area contributed by atoms with Crippen molar-refractivity contribution in [3.63, 3.8) is 0 Å². The molecule has 4 aromatic rings. The molecule has 254 valence electrons. The monoisotopic (exact) mass is 695 g/mol. The Morgan fingerprint density at radius 1 is 0.896 bits per heavy atom. The van der Waals surface area contributed by atoms with Crippen molar-refractivity contribution in [1.29, 1.82) is 0 Å². The third kappa shape index (κ3) is 6.84. The van der Waals surface area contributed by atoms with E-state index >= 15 is 0 Å². The molecule has 2 saturated heterocycles. The van der Waals surface area contributed by atoms with Crippen molar-refractivity contribution in [2.75, 3.05) is 44.0 Å². The number of benzene rings is 3. The Morgan fingerprint density at radius 3 is 2.25 bits per heavy atom. The minimum Gasteiger partial charge on any atom is -0.496 e. The number of thiophene rings is 1. The zero-order chi connectivity index (χ0) is 34.4. The van der Waals surface area contributed by atoms with Gasteiger partial charge in [0, 0.05) is 15.8 Å². The molecule has 2 amide bonds. The molecule has 3 aromatic carbocycles. The second-order valence-corrected chi connectivity index (χ2v) is 12.6. The standard InChI is InChI=1S/C33H28F7N3O4S/c1-46-26-7-2-18(17-8-10-43(11-9-17)21-15-47-16-21)12-23(26)30(44)42-28-22-5-3-19(32(35,36)37)13-27(22)48-29(28)31(45)41-20-4-6-25(34)24(14-20)33(38,39)40/h2-7,12-14,17,21H,8-11,15-16H2,1H3,(H,41,45)(H,42,44). The van der Waals surface area contributed by atoms with Gasteiger partial charge in [-0.15, -0.1) is 11.3 Å². The fourth-order valence-electron chi connectivity index (χ4n) is 5.93. The summed E-state index contributed by atoms with van der Waals surface area (Å²) in [5.74, 6) is -2.92. The third-order valence-corrected chi connectivity index (χ3v) is 9.75. The molecule has 2 aliphatic rings. The van der Waals surface area contributed by atoms with Gasteiger partial charge in [-0.1, -0.05) is 12.1 Å². The maximum Gasteiger partial charge on any atom is 0.419 e. The van der Waals surface area contributed by atoms with Gasteiger partial charge in [0.05, 0.1) is 48.7 Å². The molecule has 15 heteroatoms. The number of alkyl halides is 6. The fourth-order valence-corrected chi connectivity index (χ4v) is 7.03. The van der Waals surface area contributed by atoms with Crippen LogP contribution >= 0.6 is 11.3 Å². The molecule has 0 atom stereocenters. The molecule has 3 heterocycles. The number of ether oxygens (including phenoxy) is 2. The zero-order valence-corrected chi connectivity index (χ0v) is 26.0. The molecule has 0 saturated carbocycles. The summed E-state index contributed by atoms with van der Waals surface area (Å²) < 4.78 is 105. The molecule has 48 heavy (non-hydrogen) atoms. The Hall–Kier alpha value is -4.21. The lowest BCUT2D eigenvalue weighted by molar-refractivity contribution is -0.140. The molecule has 2 N–H and O–H groups in total. The first kappa shape index (κ1) is 33.7. The summed E-state index contributed by atoms with van der Waals surface area (Å²) in [5.41, 5.74) is -2.16. The number of anilines is 2. The van der Waals surface area contributed by atoms with Crippen molar-refractivity contribution < 1.29 is 49.8 Å². The molecule has 0 radical (unpaired) electrons. The van der Waals surface area contributed by atoms with Gasteiger partial charge in [0.25, 0.3) is 11.8 Å². The topological polar surface area (TPSA) is 79.9 Å². The van der Waals surface area contributed by atoms with E-state index in [2.05, 4.69) is 15.5 Å². The highest BCUT2D eigenvalue weighted by molar-refractivity contribution is 7.21. The summed E-state index contributed by atoms with van der Waals surface area (Å²) in [4.78, 5) is 29.4. The van der Waals surface area contributed by atoms with E-state index in [1.165, 1.54) is 7.11 Å². The number of nitrogens with zero attached hydrogens (tertiary/aromatic N) is 1. The number of nitrogens with one attached hydrogen (secondary N) is 2. The van der Waals surface area contributed by atoms with Crippen molar-refractivity contribution >= 4 is 44.6 Å².